The highest BCUT2D eigenvalue weighted by atomic mass is 79.9. The number of hydrogen-bond donors (Lipinski definition) is 1. The monoisotopic (exact) mass is 634 g/mol. The first kappa shape index (κ1) is 26.1. The van der Waals surface area contributed by atoms with Gasteiger partial charge in [0, 0.05) is 11.5 Å². The van der Waals surface area contributed by atoms with Crippen molar-refractivity contribution in [2.75, 3.05) is 18.1 Å². The minimum atomic E-state index is -0.330. The van der Waals surface area contributed by atoms with E-state index in [4.69, 9.17) is 9.47 Å². The summed E-state index contributed by atoms with van der Waals surface area (Å²) in [6, 6.07) is 19.9. The van der Waals surface area contributed by atoms with Crippen molar-refractivity contribution in [1.82, 2.24) is 5.43 Å². The Hall–Kier alpha value is -1.94. The quantitative estimate of drug-likeness (QED) is 0.201. The lowest BCUT2D eigenvalue weighted by Gasteiger charge is -2.12. The van der Waals surface area contributed by atoms with E-state index in [-0.39, 0.29) is 12.5 Å². The first-order valence-corrected chi connectivity index (χ1v) is 14.6. The molecular weight excluding hydrogens is 612 g/mol. The van der Waals surface area contributed by atoms with Crippen molar-refractivity contribution in [2.24, 2.45) is 5.10 Å². The third-order valence-electron chi connectivity index (χ3n) is 5.03. The highest BCUT2D eigenvalue weighted by molar-refractivity contribution is 9.11. The summed E-state index contributed by atoms with van der Waals surface area (Å²) in [5, 5.41) is 4.04. The van der Waals surface area contributed by atoms with E-state index in [0.717, 1.165) is 20.1 Å². The van der Waals surface area contributed by atoms with Gasteiger partial charge in [-0.05, 0) is 79.7 Å². The number of carbonyl (C=O) groups is 1. The average molecular weight is 636 g/mol. The van der Waals surface area contributed by atoms with Crippen molar-refractivity contribution in [1.29, 1.82) is 0 Å². The van der Waals surface area contributed by atoms with Crippen molar-refractivity contribution in [3.8, 4) is 11.5 Å². The van der Waals surface area contributed by atoms with Gasteiger partial charge >= 0.3 is 0 Å². The molecule has 1 aliphatic rings. The second-order valence-corrected chi connectivity index (χ2v) is 12.2. The predicted octanol–water partition coefficient (Wildman–Crippen LogP) is 7.11. The van der Waals surface area contributed by atoms with Crippen LogP contribution in [0.3, 0.4) is 0 Å². The summed E-state index contributed by atoms with van der Waals surface area (Å²) < 4.78 is 13.6. The van der Waals surface area contributed by atoms with E-state index >= 15 is 0 Å². The topological polar surface area (TPSA) is 59.9 Å². The molecule has 0 radical (unpaired) electrons. The Morgan fingerprint density at radius 1 is 1.06 bits per heavy atom. The molecule has 5 nitrogen and oxygen atoms in total. The van der Waals surface area contributed by atoms with E-state index in [1.54, 1.807) is 6.21 Å². The molecular formula is C26H24Br2N2O3S2. The van der Waals surface area contributed by atoms with Gasteiger partial charge in [-0.25, -0.2) is 5.43 Å². The number of halogens is 2. The van der Waals surface area contributed by atoms with Gasteiger partial charge in [-0.2, -0.15) is 5.10 Å². The number of carbonyl (C=O) groups excluding carboxylic acids is 1. The van der Waals surface area contributed by atoms with Crippen LogP contribution >= 0.6 is 55.4 Å². The normalized spacial score (nSPS) is 13.8. The third-order valence-corrected chi connectivity index (χ3v) is 9.32. The number of hydrogen-bond acceptors (Lipinski definition) is 6. The SMILES string of the molecule is Cc1cccc(COc2c(Br)cc(/C=N\NC(=O)COc3ccc(C4SCCS4)cc3)cc2Br)c1. The summed E-state index contributed by atoms with van der Waals surface area (Å²) in [6.07, 6.45) is 1.57. The summed E-state index contributed by atoms with van der Waals surface area (Å²) in [7, 11) is 0. The average Bonchev–Trinajstić information content (AvgIpc) is 3.38. The number of thioether (sulfide) groups is 2. The molecule has 0 saturated carbocycles. The van der Waals surface area contributed by atoms with Crippen LogP contribution in [0.5, 0.6) is 11.5 Å². The van der Waals surface area contributed by atoms with Gasteiger partial charge < -0.3 is 9.47 Å². The van der Waals surface area contributed by atoms with E-state index in [1.807, 2.05) is 59.9 Å². The molecule has 0 unspecified atom stereocenters. The van der Waals surface area contributed by atoms with Gasteiger partial charge in [0.05, 0.1) is 19.7 Å². The van der Waals surface area contributed by atoms with Gasteiger partial charge in [-0.3, -0.25) is 4.79 Å². The number of rotatable bonds is 9. The minimum Gasteiger partial charge on any atom is -0.487 e. The van der Waals surface area contributed by atoms with Crippen LogP contribution in [0.25, 0.3) is 0 Å². The largest absolute Gasteiger partial charge is 0.487 e. The van der Waals surface area contributed by atoms with Gasteiger partial charge in [0.1, 0.15) is 18.1 Å². The van der Waals surface area contributed by atoms with Gasteiger partial charge in [0.25, 0.3) is 5.91 Å². The first-order chi connectivity index (χ1) is 17.0. The van der Waals surface area contributed by atoms with E-state index < -0.39 is 0 Å². The zero-order valence-electron chi connectivity index (χ0n) is 19.0. The van der Waals surface area contributed by atoms with Crippen LogP contribution in [0.4, 0.5) is 0 Å². The first-order valence-electron chi connectivity index (χ1n) is 10.9. The highest BCUT2D eigenvalue weighted by Gasteiger charge is 2.18. The fourth-order valence-corrected chi connectivity index (χ4v) is 7.69. The second-order valence-electron chi connectivity index (χ2n) is 7.82. The van der Waals surface area contributed by atoms with Crippen molar-refractivity contribution < 1.29 is 14.3 Å². The minimum absolute atomic E-state index is 0.108. The van der Waals surface area contributed by atoms with Crippen molar-refractivity contribution in [3.05, 3.63) is 91.9 Å². The Balaban J connectivity index is 1.25. The molecule has 1 heterocycles. The molecule has 1 aliphatic heterocycles. The van der Waals surface area contributed by atoms with Gasteiger partial charge in [-0.1, -0.05) is 42.0 Å². The smallest absolute Gasteiger partial charge is 0.277 e. The zero-order chi connectivity index (χ0) is 24.6. The van der Waals surface area contributed by atoms with Gasteiger partial charge in [0.2, 0.25) is 0 Å². The molecule has 182 valence electrons. The molecule has 3 aromatic rings. The molecule has 1 saturated heterocycles. The predicted molar refractivity (Wildman–Crippen MR) is 153 cm³/mol. The van der Waals surface area contributed by atoms with Gasteiger partial charge in [-0.15, -0.1) is 23.5 Å². The number of nitrogens with zero attached hydrogens (tertiary/aromatic N) is 1. The lowest BCUT2D eigenvalue weighted by Crippen LogP contribution is -2.24. The van der Waals surface area contributed by atoms with Gasteiger partial charge in [0.15, 0.2) is 6.61 Å². The standard InChI is InChI=1S/C26H24Br2N2O3S2/c1-17-3-2-4-18(11-17)15-33-25-22(27)12-19(13-23(25)28)14-29-30-24(31)16-32-21-7-5-20(6-8-21)26-34-9-10-35-26/h2-8,11-14,26H,9-10,15-16H2,1H3,(H,30,31)/b29-14-. The summed E-state index contributed by atoms with van der Waals surface area (Å²) in [5.74, 6) is 3.41. The maximum atomic E-state index is 12.1. The number of ether oxygens (including phenoxy) is 2. The fraction of sp³-hybridized carbons (Fsp3) is 0.231. The van der Waals surface area contributed by atoms with Crippen LogP contribution in [0.1, 0.15) is 26.8 Å². The highest BCUT2D eigenvalue weighted by Crippen LogP contribution is 2.45. The van der Waals surface area contributed by atoms with Crippen LogP contribution in [-0.2, 0) is 11.4 Å². The second kappa shape index (κ2) is 12.9. The Kier molecular flexibility index (Phi) is 9.59. The molecule has 0 bridgehead atoms. The molecule has 0 aliphatic carbocycles. The summed E-state index contributed by atoms with van der Waals surface area (Å²) >= 11 is 11.0. The van der Waals surface area contributed by atoms with E-state index in [1.165, 1.54) is 22.6 Å². The molecule has 9 heteroatoms. The summed E-state index contributed by atoms with van der Waals surface area (Å²) in [5.41, 5.74) is 6.87. The Morgan fingerprint density at radius 3 is 2.46 bits per heavy atom. The summed E-state index contributed by atoms with van der Waals surface area (Å²) in [6.45, 7) is 2.41. The third kappa shape index (κ3) is 7.77. The number of amides is 1. The molecule has 0 atom stereocenters. The van der Waals surface area contributed by atoms with E-state index in [9.17, 15) is 4.79 Å². The van der Waals surface area contributed by atoms with Crippen LogP contribution < -0.4 is 14.9 Å². The van der Waals surface area contributed by atoms with E-state index in [2.05, 4.69) is 73.6 Å². The van der Waals surface area contributed by atoms with Crippen LogP contribution in [0.2, 0.25) is 0 Å². The van der Waals surface area contributed by atoms with Crippen LogP contribution in [0, 0.1) is 6.92 Å². The molecule has 0 aromatic heterocycles. The molecule has 1 N–H and O–H groups in total. The number of benzene rings is 3. The maximum absolute atomic E-state index is 12.1. The Labute approximate surface area is 230 Å². The molecule has 1 fully saturated rings. The lowest BCUT2D eigenvalue weighted by atomic mass is 10.1. The fourth-order valence-electron chi connectivity index (χ4n) is 3.38. The molecule has 4 rings (SSSR count). The number of hydrazone groups is 1. The lowest BCUT2D eigenvalue weighted by molar-refractivity contribution is -0.123. The van der Waals surface area contributed by atoms with Crippen LogP contribution in [-0.4, -0.2) is 30.2 Å². The van der Waals surface area contributed by atoms with Crippen molar-refractivity contribution in [2.45, 2.75) is 18.1 Å². The molecule has 1 amide bonds. The molecule has 35 heavy (non-hydrogen) atoms. The Morgan fingerprint density at radius 2 is 1.77 bits per heavy atom. The molecule has 0 spiro atoms. The van der Waals surface area contributed by atoms with Crippen LogP contribution in [0.15, 0.2) is 74.7 Å². The molecule has 3 aromatic carbocycles. The summed E-state index contributed by atoms with van der Waals surface area (Å²) in [4.78, 5) is 12.1. The van der Waals surface area contributed by atoms with Crippen molar-refractivity contribution in [3.63, 3.8) is 0 Å². The Bertz CT molecular complexity index is 1180. The zero-order valence-corrected chi connectivity index (χ0v) is 23.8. The number of nitrogens with one attached hydrogen (secondary N) is 1. The maximum Gasteiger partial charge on any atom is 0.277 e. The van der Waals surface area contributed by atoms with E-state index in [0.29, 0.717) is 22.7 Å². The van der Waals surface area contributed by atoms with Crippen molar-refractivity contribution >= 4 is 67.5 Å². The number of aryl methyl sites for hydroxylation is 1.